The summed E-state index contributed by atoms with van der Waals surface area (Å²) in [5.74, 6) is 2.02. The maximum atomic E-state index is 4.91. The fourth-order valence-corrected chi connectivity index (χ4v) is 5.90. The maximum Gasteiger partial charge on any atom is 0.164 e. The molecule has 0 atom stereocenters. The summed E-state index contributed by atoms with van der Waals surface area (Å²) in [5, 5.41) is 0. The summed E-state index contributed by atoms with van der Waals surface area (Å²) in [6, 6.07) is 40.7. The molecule has 0 bridgehead atoms. The predicted octanol–water partition coefficient (Wildman–Crippen LogP) is 9.46. The molecule has 41 heavy (non-hydrogen) atoms. The first-order valence-corrected chi connectivity index (χ1v) is 14.1. The van der Waals surface area contributed by atoms with Gasteiger partial charge in [0.25, 0.3) is 0 Å². The molecule has 1 aromatic heterocycles. The van der Waals surface area contributed by atoms with Crippen LogP contribution in [0.25, 0.3) is 56.4 Å². The smallest absolute Gasteiger partial charge is 0.164 e. The van der Waals surface area contributed by atoms with Crippen LogP contribution in [0.5, 0.6) is 0 Å². The number of nitrogens with zero attached hydrogens (tertiary/aromatic N) is 3. The van der Waals surface area contributed by atoms with E-state index in [1.165, 1.54) is 44.5 Å². The van der Waals surface area contributed by atoms with E-state index in [1.54, 1.807) is 0 Å². The van der Waals surface area contributed by atoms with E-state index < -0.39 is 0 Å². The average molecular weight is 530 g/mol. The van der Waals surface area contributed by atoms with Crippen LogP contribution in [0.3, 0.4) is 0 Å². The summed E-state index contributed by atoms with van der Waals surface area (Å²) in [6.07, 6.45) is 0. The van der Waals surface area contributed by atoms with Crippen molar-refractivity contribution in [1.82, 2.24) is 15.0 Å². The van der Waals surface area contributed by atoms with E-state index in [0.29, 0.717) is 17.5 Å². The van der Waals surface area contributed by atoms with Gasteiger partial charge in [0, 0.05) is 22.1 Å². The van der Waals surface area contributed by atoms with Crippen molar-refractivity contribution >= 4 is 0 Å². The Kier molecular flexibility index (Phi) is 5.90. The van der Waals surface area contributed by atoms with E-state index in [2.05, 4.69) is 113 Å². The van der Waals surface area contributed by atoms with Crippen molar-refractivity contribution in [3.05, 3.63) is 138 Å². The van der Waals surface area contributed by atoms with E-state index >= 15 is 0 Å². The molecule has 0 radical (unpaired) electrons. The highest BCUT2D eigenvalue weighted by Gasteiger charge is 2.35. The number of benzene rings is 5. The lowest BCUT2D eigenvalue weighted by Crippen LogP contribution is -2.15. The number of aryl methyl sites for hydroxylation is 2. The van der Waals surface area contributed by atoms with Crippen molar-refractivity contribution < 1.29 is 0 Å². The minimum absolute atomic E-state index is 0.0300. The van der Waals surface area contributed by atoms with Gasteiger partial charge in [0.2, 0.25) is 0 Å². The van der Waals surface area contributed by atoms with Gasteiger partial charge in [-0.1, -0.05) is 134 Å². The molecule has 0 aliphatic heterocycles. The molecular formula is C38H31N3. The van der Waals surface area contributed by atoms with Crippen LogP contribution in [0.1, 0.15) is 36.1 Å². The topological polar surface area (TPSA) is 38.7 Å². The molecule has 0 spiro atoms. The van der Waals surface area contributed by atoms with Crippen LogP contribution in [-0.4, -0.2) is 15.0 Å². The fraction of sp³-hybridized carbons (Fsp3) is 0.132. The Morgan fingerprint density at radius 2 is 0.854 bits per heavy atom. The third-order valence-corrected chi connectivity index (χ3v) is 8.29. The summed E-state index contributed by atoms with van der Waals surface area (Å²) in [6.45, 7) is 8.92. The number of hydrogen-bond donors (Lipinski definition) is 0. The van der Waals surface area contributed by atoms with Crippen molar-refractivity contribution in [1.29, 1.82) is 0 Å². The van der Waals surface area contributed by atoms with Gasteiger partial charge < -0.3 is 0 Å². The molecule has 0 N–H and O–H groups in total. The largest absolute Gasteiger partial charge is 0.208 e. The first kappa shape index (κ1) is 25.1. The summed E-state index contributed by atoms with van der Waals surface area (Å²) < 4.78 is 0. The van der Waals surface area contributed by atoms with E-state index in [0.717, 1.165) is 16.7 Å². The molecule has 1 aliphatic carbocycles. The monoisotopic (exact) mass is 529 g/mol. The first-order valence-electron chi connectivity index (χ1n) is 14.1. The Morgan fingerprint density at radius 1 is 0.415 bits per heavy atom. The third-order valence-electron chi connectivity index (χ3n) is 8.29. The average Bonchev–Trinajstić information content (AvgIpc) is 3.23. The van der Waals surface area contributed by atoms with Crippen LogP contribution < -0.4 is 0 Å². The fourth-order valence-electron chi connectivity index (χ4n) is 5.90. The minimum Gasteiger partial charge on any atom is -0.208 e. The van der Waals surface area contributed by atoms with E-state index in [9.17, 15) is 0 Å². The van der Waals surface area contributed by atoms with Crippen LogP contribution in [0, 0.1) is 13.8 Å². The van der Waals surface area contributed by atoms with Gasteiger partial charge in [-0.15, -0.1) is 0 Å². The summed E-state index contributed by atoms with van der Waals surface area (Å²) in [7, 11) is 0. The van der Waals surface area contributed by atoms with Crippen LogP contribution in [0.15, 0.2) is 115 Å². The molecule has 0 amide bonds. The second-order valence-corrected chi connectivity index (χ2v) is 11.6. The molecule has 5 aromatic carbocycles. The number of rotatable bonds is 4. The third kappa shape index (κ3) is 4.44. The summed E-state index contributed by atoms with van der Waals surface area (Å²) >= 11 is 0. The first-order chi connectivity index (χ1) is 19.9. The highest BCUT2D eigenvalue weighted by Crippen LogP contribution is 2.49. The van der Waals surface area contributed by atoms with Gasteiger partial charge >= 0.3 is 0 Å². The Morgan fingerprint density at radius 3 is 1.46 bits per heavy atom. The molecule has 3 nitrogen and oxygen atoms in total. The van der Waals surface area contributed by atoms with Crippen molar-refractivity contribution in [2.24, 2.45) is 0 Å². The zero-order chi connectivity index (χ0) is 28.1. The molecular weight excluding hydrogens is 498 g/mol. The minimum atomic E-state index is -0.0300. The van der Waals surface area contributed by atoms with Crippen LogP contribution in [0.4, 0.5) is 0 Å². The van der Waals surface area contributed by atoms with Gasteiger partial charge in [0.05, 0.1) is 0 Å². The van der Waals surface area contributed by atoms with Crippen molar-refractivity contribution in [3.8, 4) is 56.4 Å². The standard InChI is InChI=1S/C38H31N3/c1-24-10-13-28(14-11-24)36-39-35(27-8-6-5-7-9-27)40-37(41-36)29-17-15-26(16-18-29)30-19-21-32-31-20-12-25(2)22-33(31)38(3,4)34(32)23-30/h5-23H,1-4H3. The van der Waals surface area contributed by atoms with E-state index in [1.807, 2.05) is 30.3 Å². The van der Waals surface area contributed by atoms with Gasteiger partial charge in [-0.3, -0.25) is 0 Å². The van der Waals surface area contributed by atoms with E-state index in [4.69, 9.17) is 15.0 Å². The second kappa shape index (κ2) is 9.64. The SMILES string of the molecule is Cc1ccc(-c2nc(-c3ccccc3)nc(-c3ccc(-c4ccc5c(c4)C(C)(C)c4cc(C)ccc4-5)cc3)n2)cc1. The lowest BCUT2D eigenvalue weighted by molar-refractivity contribution is 0.660. The van der Waals surface area contributed by atoms with Crippen molar-refractivity contribution in [3.63, 3.8) is 0 Å². The van der Waals surface area contributed by atoms with Gasteiger partial charge in [0.15, 0.2) is 17.5 Å². The highest BCUT2D eigenvalue weighted by molar-refractivity contribution is 5.84. The van der Waals surface area contributed by atoms with Crippen LogP contribution in [0.2, 0.25) is 0 Å². The molecule has 198 valence electrons. The molecule has 0 unspecified atom stereocenters. The van der Waals surface area contributed by atoms with Gasteiger partial charge in [-0.25, -0.2) is 15.0 Å². The molecule has 1 aliphatic rings. The van der Waals surface area contributed by atoms with Gasteiger partial charge in [-0.2, -0.15) is 0 Å². The molecule has 6 aromatic rings. The summed E-state index contributed by atoms with van der Waals surface area (Å²) in [4.78, 5) is 14.6. The van der Waals surface area contributed by atoms with Crippen molar-refractivity contribution in [2.45, 2.75) is 33.1 Å². The number of hydrogen-bond acceptors (Lipinski definition) is 3. The maximum absolute atomic E-state index is 4.91. The van der Waals surface area contributed by atoms with E-state index in [-0.39, 0.29) is 5.41 Å². The van der Waals surface area contributed by atoms with Gasteiger partial charge in [-0.05, 0) is 53.3 Å². The molecule has 7 rings (SSSR count). The number of fused-ring (bicyclic) bond motifs is 3. The van der Waals surface area contributed by atoms with Crippen LogP contribution >= 0.6 is 0 Å². The highest BCUT2D eigenvalue weighted by atomic mass is 15.0. The zero-order valence-corrected chi connectivity index (χ0v) is 23.8. The normalized spacial score (nSPS) is 13.1. The molecule has 0 fully saturated rings. The zero-order valence-electron chi connectivity index (χ0n) is 23.8. The van der Waals surface area contributed by atoms with Gasteiger partial charge in [0.1, 0.15) is 0 Å². The molecule has 0 saturated carbocycles. The lowest BCUT2D eigenvalue weighted by Gasteiger charge is -2.22. The van der Waals surface area contributed by atoms with Crippen molar-refractivity contribution in [2.75, 3.05) is 0 Å². The van der Waals surface area contributed by atoms with Crippen LogP contribution in [-0.2, 0) is 5.41 Å². The predicted molar refractivity (Wildman–Crippen MR) is 169 cm³/mol. The molecule has 0 saturated heterocycles. The molecule has 1 heterocycles. The molecule has 3 heteroatoms. The quantitative estimate of drug-likeness (QED) is 0.228. The lowest BCUT2D eigenvalue weighted by atomic mass is 9.81. The Balaban J connectivity index is 1.27. The summed E-state index contributed by atoms with van der Waals surface area (Å²) in [5.41, 5.74) is 13.3. The Hall–Kier alpha value is -4.89. The number of aromatic nitrogens is 3. The Labute approximate surface area is 241 Å². The Bertz CT molecular complexity index is 1900. The second-order valence-electron chi connectivity index (χ2n) is 11.6.